The Morgan fingerprint density at radius 1 is 1.25 bits per heavy atom. The molecular formula is C7H8ClNaO2S. The molecule has 0 heterocycles. The summed E-state index contributed by atoms with van der Waals surface area (Å²) in [6.07, 6.45) is 0. The van der Waals surface area contributed by atoms with Gasteiger partial charge in [-0.25, -0.2) is 8.42 Å². The number of rotatable bonds is 1. The molecule has 0 aliphatic carbocycles. The van der Waals surface area contributed by atoms with Gasteiger partial charge in [-0.05, 0) is 18.6 Å². The fourth-order valence-corrected chi connectivity index (χ4v) is 2.04. The third kappa shape index (κ3) is 3.07. The van der Waals surface area contributed by atoms with Crippen LogP contribution in [0.2, 0.25) is 0 Å². The summed E-state index contributed by atoms with van der Waals surface area (Å²) in [5.41, 5.74) is 0.669. The van der Waals surface area contributed by atoms with Crippen LogP contribution >= 0.6 is 10.7 Å². The Hall–Kier alpha value is 0.460. The molecule has 0 radical (unpaired) electrons. The summed E-state index contributed by atoms with van der Waals surface area (Å²) in [5.74, 6) is 0. The van der Waals surface area contributed by atoms with Crippen molar-refractivity contribution in [2.24, 2.45) is 0 Å². The van der Waals surface area contributed by atoms with Gasteiger partial charge in [-0.1, -0.05) is 18.2 Å². The van der Waals surface area contributed by atoms with Crippen LogP contribution in [0.5, 0.6) is 0 Å². The first-order chi connectivity index (χ1) is 5.02. The van der Waals surface area contributed by atoms with Gasteiger partial charge in [0.15, 0.2) is 0 Å². The maximum atomic E-state index is 10.8. The molecule has 0 amide bonds. The summed E-state index contributed by atoms with van der Waals surface area (Å²) in [6.45, 7) is 1.70. The molecule has 0 unspecified atom stereocenters. The van der Waals surface area contributed by atoms with E-state index in [0.717, 1.165) is 0 Å². The van der Waals surface area contributed by atoms with E-state index in [1.807, 2.05) is 0 Å². The number of aryl methyl sites for hydroxylation is 1. The Balaban J connectivity index is 0.00000121. The predicted octanol–water partition coefficient (Wildman–Crippen LogP) is 1.27. The van der Waals surface area contributed by atoms with Crippen LogP contribution in [0.15, 0.2) is 29.2 Å². The Bertz CT molecular complexity index is 361. The van der Waals surface area contributed by atoms with Crippen molar-refractivity contribution in [3.63, 3.8) is 0 Å². The molecule has 2 nitrogen and oxygen atoms in total. The summed E-state index contributed by atoms with van der Waals surface area (Å²) >= 11 is 0. The van der Waals surface area contributed by atoms with Crippen molar-refractivity contribution in [2.75, 3.05) is 0 Å². The molecule has 0 N–H and O–H groups in total. The minimum absolute atomic E-state index is 0. The van der Waals surface area contributed by atoms with Crippen molar-refractivity contribution in [2.45, 2.75) is 11.8 Å². The van der Waals surface area contributed by atoms with E-state index in [0.29, 0.717) is 5.56 Å². The minimum atomic E-state index is -3.56. The molecule has 5 heteroatoms. The monoisotopic (exact) mass is 214 g/mol. The normalized spacial score (nSPS) is 10.5. The molecule has 0 fully saturated rings. The molecule has 0 atom stereocenters. The van der Waals surface area contributed by atoms with Crippen LogP contribution in [0.1, 0.15) is 5.56 Å². The van der Waals surface area contributed by atoms with Gasteiger partial charge in [-0.15, -0.1) is 0 Å². The molecule has 1 aromatic rings. The van der Waals surface area contributed by atoms with E-state index in [2.05, 4.69) is 0 Å². The second kappa shape index (κ2) is 4.63. The van der Waals surface area contributed by atoms with Gasteiger partial charge in [-0.2, -0.15) is 0 Å². The van der Waals surface area contributed by atoms with Gasteiger partial charge in [0.05, 0.1) is 4.90 Å². The second-order valence-electron chi connectivity index (χ2n) is 2.20. The van der Waals surface area contributed by atoms with Gasteiger partial charge in [0.1, 0.15) is 0 Å². The van der Waals surface area contributed by atoms with E-state index in [-0.39, 0.29) is 34.5 Å². The zero-order chi connectivity index (χ0) is 8.48. The second-order valence-corrected chi connectivity index (χ2v) is 4.74. The Labute approximate surface area is 98.6 Å². The molecule has 0 aliphatic heterocycles. The molecular weight excluding hydrogens is 207 g/mol. The molecule has 0 bridgehead atoms. The van der Waals surface area contributed by atoms with Crippen molar-refractivity contribution < 1.29 is 8.42 Å². The van der Waals surface area contributed by atoms with Crippen molar-refractivity contribution >= 4 is 49.3 Å². The van der Waals surface area contributed by atoms with Gasteiger partial charge in [-0.3, -0.25) is 0 Å². The van der Waals surface area contributed by atoms with Gasteiger partial charge in [0, 0.05) is 10.7 Å². The van der Waals surface area contributed by atoms with E-state index in [9.17, 15) is 8.42 Å². The van der Waals surface area contributed by atoms with Crippen LogP contribution in [0, 0.1) is 6.92 Å². The molecule has 1 rings (SSSR count). The SMILES string of the molecule is Cc1ccccc1S(=O)(=O)Cl.[NaH]. The summed E-state index contributed by atoms with van der Waals surface area (Å²) in [5, 5.41) is 0. The summed E-state index contributed by atoms with van der Waals surface area (Å²) in [7, 11) is 1.57. The molecule has 0 aliphatic rings. The van der Waals surface area contributed by atoms with Crippen molar-refractivity contribution in [1.29, 1.82) is 0 Å². The van der Waals surface area contributed by atoms with Crippen molar-refractivity contribution in [1.82, 2.24) is 0 Å². The molecule has 1 aromatic carbocycles. The first-order valence-electron chi connectivity index (χ1n) is 3.02. The van der Waals surface area contributed by atoms with Gasteiger partial charge in [0.2, 0.25) is 0 Å². The average Bonchev–Trinajstić information content (AvgIpc) is 1.86. The first-order valence-corrected chi connectivity index (χ1v) is 5.33. The summed E-state index contributed by atoms with van der Waals surface area (Å²) in [6, 6.07) is 6.59. The molecule has 0 saturated carbocycles. The Morgan fingerprint density at radius 2 is 1.75 bits per heavy atom. The Kier molecular flexibility index (Phi) is 4.81. The van der Waals surface area contributed by atoms with Gasteiger partial charge in [0.25, 0.3) is 9.05 Å². The van der Waals surface area contributed by atoms with Crippen molar-refractivity contribution in [3.8, 4) is 0 Å². The van der Waals surface area contributed by atoms with E-state index in [1.165, 1.54) is 6.07 Å². The van der Waals surface area contributed by atoms with E-state index < -0.39 is 9.05 Å². The topological polar surface area (TPSA) is 34.1 Å². The average molecular weight is 215 g/mol. The summed E-state index contributed by atoms with van der Waals surface area (Å²) in [4.78, 5) is 0.182. The van der Waals surface area contributed by atoms with Crippen LogP contribution in [-0.4, -0.2) is 38.0 Å². The van der Waals surface area contributed by atoms with Crippen LogP contribution in [-0.2, 0) is 9.05 Å². The number of hydrogen-bond donors (Lipinski definition) is 0. The molecule has 0 saturated heterocycles. The fraction of sp³-hybridized carbons (Fsp3) is 0.143. The third-order valence-electron chi connectivity index (χ3n) is 1.36. The maximum absolute atomic E-state index is 10.8. The molecule has 0 aromatic heterocycles. The van der Waals surface area contributed by atoms with Gasteiger partial charge < -0.3 is 0 Å². The van der Waals surface area contributed by atoms with Gasteiger partial charge >= 0.3 is 29.6 Å². The third-order valence-corrected chi connectivity index (χ3v) is 2.84. The quantitative estimate of drug-likeness (QED) is 0.521. The van der Waals surface area contributed by atoms with Crippen LogP contribution in [0.25, 0.3) is 0 Å². The van der Waals surface area contributed by atoms with Crippen LogP contribution < -0.4 is 0 Å². The fourth-order valence-electron chi connectivity index (χ4n) is 0.830. The first kappa shape index (κ1) is 12.5. The molecule has 0 spiro atoms. The van der Waals surface area contributed by atoms with Crippen molar-refractivity contribution in [3.05, 3.63) is 29.8 Å². The number of benzene rings is 1. The summed E-state index contributed by atoms with van der Waals surface area (Å²) < 4.78 is 21.6. The van der Waals surface area contributed by atoms with E-state index in [4.69, 9.17) is 10.7 Å². The standard InChI is InChI=1S/C7H7ClO2S.Na.H/c1-6-4-2-3-5-7(6)11(8,9)10;;/h2-5H,1H3;;. The predicted molar refractivity (Wildman–Crippen MR) is 51.4 cm³/mol. The number of hydrogen-bond acceptors (Lipinski definition) is 2. The zero-order valence-electron chi connectivity index (χ0n) is 5.91. The van der Waals surface area contributed by atoms with E-state index >= 15 is 0 Å². The Morgan fingerprint density at radius 3 is 2.08 bits per heavy atom. The van der Waals surface area contributed by atoms with Crippen LogP contribution in [0.3, 0.4) is 0 Å². The molecule has 12 heavy (non-hydrogen) atoms. The van der Waals surface area contributed by atoms with E-state index in [1.54, 1.807) is 25.1 Å². The zero-order valence-corrected chi connectivity index (χ0v) is 7.48. The molecule has 62 valence electrons. The number of halogens is 1. The van der Waals surface area contributed by atoms with Crippen LogP contribution in [0.4, 0.5) is 0 Å².